The number of alkyl halides is 3. The van der Waals surface area contributed by atoms with E-state index in [1.165, 1.54) is 23.3 Å². The first kappa shape index (κ1) is 30.6. The summed E-state index contributed by atoms with van der Waals surface area (Å²) in [4.78, 5) is 18.9. The lowest BCUT2D eigenvalue weighted by molar-refractivity contribution is -0.192. The van der Waals surface area contributed by atoms with E-state index in [1.54, 1.807) is 17.4 Å². The number of carboxylic acids is 1. The van der Waals surface area contributed by atoms with Crippen molar-refractivity contribution in [2.45, 2.75) is 33.1 Å². The number of rotatable bonds is 7. The second-order valence-corrected chi connectivity index (χ2v) is 11.0. The lowest BCUT2D eigenvalue weighted by Gasteiger charge is -2.08. The normalized spacial score (nSPS) is 11.4. The van der Waals surface area contributed by atoms with Crippen molar-refractivity contribution in [3.8, 4) is 32.3 Å². The number of fused-ring (bicyclic) bond motifs is 1. The highest BCUT2D eigenvalue weighted by Crippen LogP contribution is 2.34. The van der Waals surface area contributed by atoms with E-state index in [4.69, 9.17) is 14.4 Å². The molecule has 0 aliphatic carbocycles. The molecule has 0 saturated heterocycles. The Morgan fingerprint density at radius 2 is 1.64 bits per heavy atom. The number of nitrogens with zero attached hydrogens (tertiary/aromatic N) is 2. The van der Waals surface area contributed by atoms with Crippen molar-refractivity contribution in [2.75, 3.05) is 0 Å². The van der Waals surface area contributed by atoms with Crippen LogP contribution in [0.4, 0.5) is 17.6 Å². The molecule has 0 atom stereocenters. The third-order valence-electron chi connectivity index (χ3n) is 6.67. The molecule has 6 aromatic rings. The van der Waals surface area contributed by atoms with Gasteiger partial charge in [-0.2, -0.15) is 13.2 Å². The summed E-state index contributed by atoms with van der Waals surface area (Å²) in [6.07, 6.45) is -5.08. The number of aryl methyl sites for hydroxylation is 2. The highest BCUT2D eigenvalue weighted by molar-refractivity contribution is 7.18. The number of aliphatic carboxylic acids is 1. The average molecular weight is 623 g/mol. The van der Waals surface area contributed by atoms with Crippen LogP contribution in [0, 0.1) is 19.7 Å². The summed E-state index contributed by atoms with van der Waals surface area (Å²) in [5.41, 5.74) is 8.18. The van der Waals surface area contributed by atoms with Gasteiger partial charge < -0.3 is 19.9 Å². The van der Waals surface area contributed by atoms with E-state index in [-0.39, 0.29) is 5.82 Å². The number of halogens is 4. The van der Waals surface area contributed by atoms with Crippen LogP contribution in [0.15, 0.2) is 83.4 Å². The molecule has 3 N–H and O–H groups in total. The van der Waals surface area contributed by atoms with Gasteiger partial charge in [0.15, 0.2) is 0 Å². The number of carboxylic acid groups (broad SMARTS) is 1. The summed E-state index contributed by atoms with van der Waals surface area (Å²) in [6, 6.07) is 25.9. The zero-order valence-corrected chi connectivity index (χ0v) is 24.3. The molecule has 0 fully saturated rings. The number of aromatic nitrogens is 3. The Balaban J connectivity index is 0.000000493. The van der Waals surface area contributed by atoms with Crippen molar-refractivity contribution in [2.24, 2.45) is 0 Å². The van der Waals surface area contributed by atoms with Gasteiger partial charge in [0, 0.05) is 23.5 Å². The number of H-pyrrole nitrogens is 1. The molecule has 0 aliphatic heterocycles. The standard InChI is InChI=1S/C30H25FN4OS.C2HF3O2/c1-18-29(19(2)36-35-18)23-5-3-4-21(14-23)17-32-16-20-6-8-22(9-7-20)27-12-13-28(37-27)30-33-25-11-10-24(31)15-26(25)34-30;3-2(4,5)1(6)7/h3-15,32H,16-17H2,1-2H3,(H,33,34);(H,6,7). The molecule has 3 aromatic carbocycles. The molecule has 44 heavy (non-hydrogen) atoms. The van der Waals surface area contributed by atoms with Gasteiger partial charge in [0.1, 0.15) is 17.4 Å². The predicted octanol–water partition coefficient (Wildman–Crippen LogP) is 8.29. The van der Waals surface area contributed by atoms with Crippen LogP contribution in [0.25, 0.3) is 43.3 Å². The van der Waals surface area contributed by atoms with Gasteiger partial charge in [-0.3, -0.25) is 0 Å². The summed E-state index contributed by atoms with van der Waals surface area (Å²) < 4.78 is 50.6. The van der Waals surface area contributed by atoms with Crippen molar-refractivity contribution in [1.82, 2.24) is 20.4 Å². The zero-order chi connectivity index (χ0) is 31.4. The van der Waals surface area contributed by atoms with Gasteiger partial charge in [-0.15, -0.1) is 11.3 Å². The second kappa shape index (κ2) is 12.8. The second-order valence-electron chi connectivity index (χ2n) is 9.91. The minimum atomic E-state index is -5.08. The first-order valence-corrected chi connectivity index (χ1v) is 14.2. The summed E-state index contributed by atoms with van der Waals surface area (Å²) >= 11 is 1.67. The summed E-state index contributed by atoms with van der Waals surface area (Å²) in [7, 11) is 0. The van der Waals surface area contributed by atoms with Crippen LogP contribution in [0.1, 0.15) is 22.6 Å². The third-order valence-corrected chi connectivity index (χ3v) is 7.81. The van der Waals surface area contributed by atoms with Gasteiger partial charge in [0.05, 0.1) is 21.6 Å². The Labute approximate surface area is 253 Å². The Bertz CT molecular complexity index is 1890. The summed E-state index contributed by atoms with van der Waals surface area (Å²) in [5, 5.41) is 14.7. The van der Waals surface area contributed by atoms with E-state index in [0.717, 1.165) is 62.3 Å². The molecule has 3 aromatic heterocycles. The predicted molar refractivity (Wildman–Crippen MR) is 160 cm³/mol. The van der Waals surface area contributed by atoms with Crippen LogP contribution in [0.3, 0.4) is 0 Å². The average Bonchev–Trinajstić information content (AvgIpc) is 3.72. The first-order chi connectivity index (χ1) is 21.0. The molecule has 0 radical (unpaired) electrons. The van der Waals surface area contributed by atoms with Gasteiger partial charge in [-0.1, -0.05) is 47.6 Å². The number of carbonyl (C=O) groups is 1. The van der Waals surface area contributed by atoms with Crippen molar-refractivity contribution in [3.05, 3.63) is 107 Å². The minimum Gasteiger partial charge on any atom is -0.475 e. The number of thiophene rings is 1. The van der Waals surface area contributed by atoms with Gasteiger partial charge in [-0.25, -0.2) is 14.2 Å². The van der Waals surface area contributed by atoms with E-state index >= 15 is 0 Å². The molecule has 0 saturated carbocycles. The van der Waals surface area contributed by atoms with E-state index in [2.05, 4.69) is 81.1 Å². The minimum absolute atomic E-state index is 0.269. The summed E-state index contributed by atoms with van der Waals surface area (Å²) in [6.45, 7) is 5.47. The SMILES string of the molecule is Cc1noc(C)c1-c1cccc(CNCc2ccc(-c3ccc(-c4nc5ccc(F)cc5[nH]4)s3)cc2)c1.O=C(O)C(F)(F)F. The molecule has 6 rings (SSSR count). The first-order valence-electron chi connectivity index (χ1n) is 13.4. The van der Waals surface area contributed by atoms with E-state index in [0.29, 0.717) is 5.52 Å². The van der Waals surface area contributed by atoms with Crippen LogP contribution in [0.2, 0.25) is 0 Å². The topological polar surface area (TPSA) is 104 Å². The lowest BCUT2D eigenvalue weighted by Crippen LogP contribution is -2.21. The molecule has 226 valence electrons. The maximum absolute atomic E-state index is 13.5. The number of benzene rings is 3. The molecule has 7 nitrogen and oxygen atoms in total. The molecule has 12 heteroatoms. The van der Waals surface area contributed by atoms with E-state index in [1.807, 2.05) is 13.8 Å². The fourth-order valence-corrected chi connectivity index (χ4v) is 5.55. The maximum atomic E-state index is 13.5. The van der Waals surface area contributed by atoms with Gasteiger partial charge in [0.2, 0.25) is 0 Å². The number of nitrogens with one attached hydrogen (secondary N) is 2. The number of hydrogen-bond donors (Lipinski definition) is 3. The van der Waals surface area contributed by atoms with Crippen molar-refractivity contribution in [3.63, 3.8) is 0 Å². The quantitative estimate of drug-likeness (QED) is 0.155. The molecule has 0 bridgehead atoms. The monoisotopic (exact) mass is 622 g/mol. The Morgan fingerprint density at radius 3 is 2.32 bits per heavy atom. The molecular formula is C32H26F4N4O3S. The Morgan fingerprint density at radius 1 is 0.932 bits per heavy atom. The number of aromatic amines is 1. The third kappa shape index (κ3) is 7.21. The van der Waals surface area contributed by atoms with Crippen LogP contribution in [0.5, 0.6) is 0 Å². The van der Waals surface area contributed by atoms with E-state index in [9.17, 15) is 17.6 Å². The molecule has 0 amide bonds. The van der Waals surface area contributed by atoms with Crippen LogP contribution in [-0.2, 0) is 17.9 Å². The van der Waals surface area contributed by atoms with Gasteiger partial charge in [-0.05, 0) is 72.5 Å². The van der Waals surface area contributed by atoms with Gasteiger partial charge in [0.25, 0.3) is 0 Å². The highest BCUT2D eigenvalue weighted by atomic mass is 32.1. The fourth-order valence-electron chi connectivity index (χ4n) is 4.59. The van der Waals surface area contributed by atoms with Crippen LogP contribution < -0.4 is 5.32 Å². The van der Waals surface area contributed by atoms with Crippen molar-refractivity contribution < 1.29 is 32.0 Å². The van der Waals surface area contributed by atoms with Crippen LogP contribution in [-0.4, -0.2) is 32.4 Å². The molecular weight excluding hydrogens is 596 g/mol. The van der Waals surface area contributed by atoms with E-state index < -0.39 is 12.1 Å². The zero-order valence-electron chi connectivity index (χ0n) is 23.5. The highest BCUT2D eigenvalue weighted by Gasteiger charge is 2.38. The lowest BCUT2D eigenvalue weighted by atomic mass is 10.0. The van der Waals surface area contributed by atoms with Crippen LogP contribution >= 0.6 is 11.3 Å². The number of imidazole rings is 1. The fraction of sp³-hybridized carbons (Fsp3) is 0.156. The number of hydrogen-bond acceptors (Lipinski definition) is 6. The molecule has 0 unspecified atom stereocenters. The largest absolute Gasteiger partial charge is 0.490 e. The van der Waals surface area contributed by atoms with Crippen molar-refractivity contribution >= 4 is 28.3 Å². The maximum Gasteiger partial charge on any atom is 0.490 e. The summed E-state index contributed by atoms with van der Waals surface area (Å²) in [5.74, 6) is -1.42. The van der Waals surface area contributed by atoms with Crippen molar-refractivity contribution in [1.29, 1.82) is 0 Å². The molecule has 3 heterocycles. The van der Waals surface area contributed by atoms with Gasteiger partial charge >= 0.3 is 12.1 Å². The Kier molecular flexibility index (Phi) is 8.93. The molecule has 0 aliphatic rings. The molecule has 0 spiro atoms. The Hall–Kier alpha value is -4.81. The smallest absolute Gasteiger partial charge is 0.475 e.